The van der Waals surface area contributed by atoms with Gasteiger partial charge in [0, 0.05) is 6.21 Å². The summed E-state index contributed by atoms with van der Waals surface area (Å²) in [6.07, 6.45) is 1.60. The molecule has 0 fully saturated rings. The first kappa shape index (κ1) is 11.9. The summed E-state index contributed by atoms with van der Waals surface area (Å²) in [5.74, 6) is 0.00357. The first-order chi connectivity index (χ1) is 7.13. The van der Waals surface area contributed by atoms with Crippen molar-refractivity contribution in [3.8, 4) is 0 Å². The van der Waals surface area contributed by atoms with Crippen LogP contribution in [0, 0.1) is 11.7 Å². The average molecular weight is 209 g/mol. The van der Waals surface area contributed by atoms with Gasteiger partial charge in [-0.1, -0.05) is 26.0 Å². The molecule has 1 N–H and O–H groups in total. The predicted molar refractivity (Wildman–Crippen MR) is 59.7 cm³/mol. The van der Waals surface area contributed by atoms with E-state index in [9.17, 15) is 4.39 Å². The molecule has 15 heavy (non-hydrogen) atoms. The van der Waals surface area contributed by atoms with Gasteiger partial charge in [-0.3, -0.25) is 4.99 Å². The normalized spacial score (nSPS) is 13.7. The fourth-order valence-corrected chi connectivity index (χ4v) is 1.20. The summed E-state index contributed by atoms with van der Waals surface area (Å²) >= 11 is 0. The topological polar surface area (TPSA) is 32.6 Å². The first-order valence-corrected chi connectivity index (χ1v) is 5.03. The number of nitrogens with zero attached hydrogens (tertiary/aromatic N) is 1. The Bertz CT molecular complexity index is 336. The average Bonchev–Trinajstić information content (AvgIpc) is 2.18. The summed E-state index contributed by atoms with van der Waals surface area (Å²) in [6, 6.07) is 6.11. The van der Waals surface area contributed by atoms with Gasteiger partial charge in [0.15, 0.2) is 0 Å². The minimum absolute atomic E-state index is 0.0173. The Labute approximate surface area is 89.5 Å². The molecule has 0 amide bonds. The molecule has 0 bridgehead atoms. The number of aliphatic hydroxyl groups excluding tert-OH is 1. The molecular weight excluding hydrogens is 193 g/mol. The number of aliphatic hydroxyl groups is 1. The van der Waals surface area contributed by atoms with E-state index < -0.39 is 0 Å². The van der Waals surface area contributed by atoms with Crippen molar-refractivity contribution in [2.45, 2.75) is 19.9 Å². The maximum Gasteiger partial charge on any atom is 0.123 e. The van der Waals surface area contributed by atoms with E-state index >= 15 is 0 Å². The van der Waals surface area contributed by atoms with Crippen LogP contribution in [0.1, 0.15) is 19.4 Å². The van der Waals surface area contributed by atoms with E-state index in [4.69, 9.17) is 5.11 Å². The van der Waals surface area contributed by atoms with E-state index in [2.05, 4.69) is 4.99 Å². The smallest absolute Gasteiger partial charge is 0.123 e. The third-order valence-electron chi connectivity index (χ3n) is 2.22. The van der Waals surface area contributed by atoms with E-state index in [1.807, 2.05) is 13.8 Å². The minimum atomic E-state index is -0.274. The van der Waals surface area contributed by atoms with E-state index in [1.54, 1.807) is 18.3 Å². The second kappa shape index (κ2) is 5.61. The quantitative estimate of drug-likeness (QED) is 0.758. The summed E-state index contributed by atoms with van der Waals surface area (Å²) in [4.78, 5) is 4.21. The summed E-state index contributed by atoms with van der Waals surface area (Å²) < 4.78 is 12.8. The van der Waals surface area contributed by atoms with Crippen molar-refractivity contribution in [1.29, 1.82) is 0 Å². The van der Waals surface area contributed by atoms with Crippen LogP contribution in [0.3, 0.4) is 0 Å². The van der Waals surface area contributed by atoms with Crippen LogP contribution in [-0.4, -0.2) is 24.0 Å². The fourth-order valence-electron chi connectivity index (χ4n) is 1.20. The number of aliphatic imine (C=N–C) groups is 1. The Morgan fingerprint density at radius 3 is 2.73 bits per heavy atom. The second-order valence-electron chi connectivity index (χ2n) is 3.83. The Hall–Kier alpha value is -1.22. The molecule has 0 saturated carbocycles. The molecule has 3 heteroatoms. The molecule has 0 aliphatic carbocycles. The van der Waals surface area contributed by atoms with Crippen LogP contribution < -0.4 is 0 Å². The van der Waals surface area contributed by atoms with Crippen molar-refractivity contribution in [2.75, 3.05) is 6.61 Å². The number of rotatable bonds is 4. The standard InChI is InChI=1S/C12H16FNO/c1-9(2)12(8-15)14-7-10-4-3-5-11(13)6-10/h3-7,9,12,15H,8H2,1-2H3/b14-7+/t12-/m1/s1. The van der Waals surface area contributed by atoms with Crippen LogP contribution >= 0.6 is 0 Å². The molecule has 0 aliphatic heterocycles. The zero-order valence-corrected chi connectivity index (χ0v) is 9.02. The lowest BCUT2D eigenvalue weighted by Crippen LogP contribution is -2.17. The van der Waals surface area contributed by atoms with Gasteiger partial charge in [0.25, 0.3) is 0 Å². The van der Waals surface area contributed by atoms with E-state index in [1.165, 1.54) is 12.1 Å². The lowest BCUT2D eigenvalue weighted by atomic mass is 10.1. The number of hydrogen-bond acceptors (Lipinski definition) is 2. The highest BCUT2D eigenvalue weighted by molar-refractivity contribution is 5.79. The lowest BCUT2D eigenvalue weighted by molar-refractivity contribution is 0.240. The number of benzene rings is 1. The third-order valence-corrected chi connectivity index (χ3v) is 2.22. The van der Waals surface area contributed by atoms with Crippen LogP contribution in [0.2, 0.25) is 0 Å². The first-order valence-electron chi connectivity index (χ1n) is 5.03. The maximum absolute atomic E-state index is 12.8. The predicted octanol–water partition coefficient (Wildman–Crippen LogP) is 2.26. The van der Waals surface area contributed by atoms with Crippen molar-refractivity contribution in [3.05, 3.63) is 35.6 Å². The van der Waals surface area contributed by atoms with Gasteiger partial charge in [-0.25, -0.2) is 4.39 Å². The molecule has 0 radical (unpaired) electrons. The van der Waals surface area contributed by atoms with Gasteiger partial charge in [-0.2, -0.15) is 0 Å². The third kappa shape index (κ3) is 3.80. The number of halogens is 1. The van der Waals surface area contributed by atoms with E-state index in [0.29, 0.717) is 5.56 Å². The molecule has 2 nitrogen and oxygen atoms in total. The monoisotopic (exact) mass is 209 g/mol. The van der Waals surface area contributed by atoms with Crippen LogP contribution in [0.4, 0.5) is 4.39 Å². The highest BCUT2D eigenvalue weighted by Crippen LogP contribution is 2.06. The summed E-state index contributed by atoms with van der Waals surface area (Å²) in [5.41, 5.74) is 0.717. The number of hydrogen-bond donors (Lipinski definition) is 1. The minimum Gasteiger partial charge on any atom is -0.394 e. The van der Waals surface area contributed by atoms with Crippen molar-refractivity contribution in [2.24, 2.45) is 10.9 Å². The largest absolute Gasteiger partial charge is 0.394 e. The zero-order valence-electron chi connectivity index (χ0n) is 9.02. The molecule has 1 rings (SSSR count). The van der Waals surface area contributed by atoms with Crippen LogP contribution in [0.15, 0.2) is 29.3 Å². The molecule has 1 atom stereocenters. The van der Waals surface area contributed by atoms with Crippen LogP contribution in [0.5, 0.6) is 0 Å². The van der Waals surface area contributed by atoms with Gasteiger partial charge in [0.05, 0.1) is 12.6 Å². The van der Waals surface area contributed by atoms with Crippen molar-refractivity contribution >= 4 is 6.21 Å². The van der Waals surface area contributed by atoms with Crippen molar-refractivity contribution in [1.82, 2.24) is 0 Å². The lowest BCUT2D eigenvalue weighted by Gasteiger charge is -2.12. The SMILES string of the molecule is CC(C)[C@@H](CO)/N=C/c1cccc(F)c1. The highest BCUT2D eigenvalue weighted by atomic mass is 19.1. The van der Waals surface area contributed by atoms with Crippen molar-refractivity contribution in [3.63, 3.8) is 0 Å². The molecular formula is C12H16FNO. The van der Waals surface area contributed by atoms with Crippen LogP contribution in [-0.2, 0) is 0 Å². The molecule has 1 aromatic rings. The van der Waals surface area contributed by atoms with Gasteiger partial charge in [-0.05, 0) is 23.6 Å². The van der Waals surface area contributed by atoms with Gasteiger partial charge in [-0.15, -0.1) is 0 Å². The highest BCUT2D eigenvalue weighted by Gasteiger charge is 2.08. The second-order valence-corrected chi connectivity index (χ2v) is 3.83. The Kier molecular flexibility index (Phi) is 4.43. The Morgan fingerprint density at radius 1 is 1.47 bits per heavy atom. The summed E-state index contributed by atoms with van der Waals surface area (Å²) in [7, 11) is 0. The molecule has 0 saturated heterocycles. The summed E-state index contributed by atoms with van der Waals surface area (Å²) in [6.45, 7) is 4.00. The van der Waals surface area contributed by atoms with E-state index in [-0.39, 0.29) is 24.4 Å². The maximum atomic E-state index is 12.8. The van der Waals surface area contributed by atoms with Gasteiger partial charge in [0.2, 0.25) is 0 Å². The van der Waals surface area contributed by atoms with Gasteiger partial charge < -0.3 is 5.11 Å². The summed E-state index contributed by atoms with van der Waals surface area (Å²) in [5, 5.41) is 9.04. The molecule has 0 unspecified atom stereocenters. The van der Waals surface area contributed by atoms with Gasteiger partial charge in [0.1, 0.15) is 5.82 Å². The molecule has 0 spiro atoms. The Morgan fingerprint density at radius 2 is 2.20 bits per heavy atom. The van der Waals surface area contributed by atoms with Crippen LogP contribution in [0.25, 0.3) is 0 Å². The molecule has 0 heterocycles. The fraction of sp³-hybridized carbons (Fsp3) is 0.417. The zero-order chi connectivity index (χ0) is 11.3. The van der Waals surface area contributed by atoms with Gasteiger partial charge >= 0.3 is 0 Å². The van der Waals surface area contributed by atoms with E-state index in [0.717, 1.165) is 0 Å². The molecule has 82 valence electrons. The van der Waals surface area contributed by atoms with Crippen molar-refractivity contribution < 1.29 is 9.50 Å². The Balaban J connectivity index is 2.71. The molecule has 1 aromatic carbocycles. The molecule has 0 aromatic heterocycles. The molecule has 0 aliphatic rings.